The van der Waals surface area contributed by atoms with Gasteiger partial charge in [-0.2, -0.15) is 0 Å². The maximum Gasteiger partial charge on any atom is 0.0576 e. The molecule has 2 fully saturated rings. The predicted molar refractivity (Wildman–Crippen MR) is 74.7 cm³/mol. The summed E-state index contributed by atoms with van der Waals surface area (Å²) >= 11 is 0. The van der Waals surface area contributed by atoms with E-state index in [0.29, 0.717) is 18.2 Å². The Bertz CT molecular complexity index is 243. The summed E-state index contributed by atoms with van der Waals surface area (Å²) in [6.07, 6.45) is 6.54. The molecule has 0 amide bonds. The van der Waals surface area contributed by atoms with Gasteiger partial charge in [-0.3, -0.25) is 4.90 Å². The second-order valence-corrected chi connectivity index (χ2v) is 6.04. The first-order valence-electron chi connectivity index (χ1n) is 7.43. The number of hydrogen-bond acceptors (Lipinski definition) is 4. The lowest BCUT2D eigenvalue weighted by atomic mass is 9.98. The highest BCUT2D eigenvalue weighted by atomic mass is 16.5. The topological polar surface area (TPSA) is 41.7 Å². The van der Waals surface area contributed by atoms with Gasteiger partial charge in [-0.15, -0.1) is 0 Å². The molecule has 2 heterocycles. The first kappa shape index (κ1) is 14.3. The molecule has 2 aliphatic heterocycles. The summed E-state index contributed by atoms with van der Waals surface area (Å²) in [5.74, 6) is 0. The van der Waals surface area contributed by atoms with Gasteiger partial charge in [-0.25, -0.2) is 0 Å². The molecule has 0 saturated carbocycles. The van der Waals surface area contributed by atoms with Crippen molar-refractivity contribution >= 4 is 0 Å². The zero-order valence-corrected chi connectivity index (χ0v) is 12.0. The molecular formula is C14H29N3O. The van der Waals surface area contributed by atoms with Crippen molar-refractivity contribution in [2.24, 2.45) is 5.73 Å². The van der Waals surface area contributed by atoms with Gasteiger partial charge in [0.05, 0.1) is 6.10 Å². The van der Waals surface area contributed by atoms with Gasteiger partial charge < -0.3 is 15.4 Å². The van der Waals surface area contributed by atoms with E-state index in [0.717, 1.165) is 32.7 Å². The SMILES string of the molecule is CN1CCN(C)C(C(N)CCCC2CCCO2)C1. The first-order valence-corrected chi connectivity index (χ1v) is 7.43. The molecule has 2 saturated heterocycles. The second-order valence-electron chi connectivity index (χ2n) is 6.04. The van der Waals surface area contributed by atoms with E-state index < -0.39 is 0 Å². The van der Waals surface area contributed by atoms with Crippen LogP contribution in [0.1, 0.15) is 32.1 Å². The molecule has 2 aliphatic rings. The Balaban J connectivity index is 1.67. The maximum atomic E-state index is 6.38. The van der Waals surface area contributed by atoms with E-state index in [1.54, 1.807) is 0 Å². The van der Waals surface area contributed by atoms with Gasteiger partial charge in [-0.05, 0) is 46.2 Å². The van der Waals surface area contributed by atoms with Crippen LogP contribution >= 0.6 is 0 Å². The molecule has 0 aromatic carbocycles. The fourth-order valence-electron chi connectivity index (χ4n) is 3.15. The van der Waals surface area contributed by atoms with Crippen molar-refractivity contribution < 1.29 is 4.74 Å². The number of piperazine rings is 1. The molecule has 0 radical (unpaired) electrons. The van der Waals surface area contributed by atoms with Crippen molar-refractivity contribution in [1.29, 1.82) is 0 Å². The molecule has 2 N–H and O–H groups in total. The van der Waals surface area contributed by atoms with E-state index in [1.165, 1.54) is 25.7 Å². The summed E-state index contributed by atoms with van der Waals surface area (Å²) in [7, 11) is 4.40. The lowest BCUT2D eigenvalue weighted by Gasteiger charge is -2.40. The van der Waals surface area contributed by atoms with E-state index in [9.17, 15) is 0 Å². The van der Waals surface area contributed by atoms with Crippen LogP contribution in [-0.2, 0) is 4.74 Å². The lowest BCUT2D eigenvalue weighted by molar-refractivity contribution is 0.0864. The Morgan fingerprint density at radius 2 is 2.17 bits per heavy atom. The largest absolute Gasteiger partial charge is 0.378 e. The smallest absolute Gasteiger partial charge is 0.0576 e. The monoisotopic (exact) mass is 255 g/mol. The van der Waals surface area contributed by atoms with Gasteiger partial charge in [0.25, 0.3) is 0 Å². The zero-order chi connectivity index (χ0) is 13.0. The number of likely N-dealkylation sites (N-methyl/N-ethyl adjacent to an activating group) is 2. The predicted octanol–water partition coefficient (Wildman–Crippen LogP) is 0.909. The van der Waals surface area contributed by atoms with Gasteiger partial charge in [-0.1, -0.05) is 0 Å². The summed E-state index contributed by atoms with van der Waals surface area (Å²) < 4.78 is 5.66. The van der Waals surface area contributed by atoms with E-state index in [2.05, 4.69) is 23.9 Å². The Kier molecular flexibility index (Phi) is 5.42. The molecule has 2 rings (SSSR count). The normalized spacial score (nSPS) is 32.8. The molecule has 4 nitrogen and oxygen atoms in total. The van der Waals surface area contributed by atoms with E-state index >= 15 is 0 Å². The molecule has 18 heavy (non-hydrogen) atoms. The van der Waals surface area contributed by atoms with Crippen LogP contribution in [0.5, 0.6) is 0 Å². The standard InChI is InChI=1S/C14H29N3O/c1-16-8-9-17(2)14(11-16)13(15)7-3-5-12-6-4-10-18-12/h12-14H,3-11,15H2,1-2H3. The summed E-state index contributed by atoms with van der Waals surface area (Å²) in [6, 6.07) is 0.826. The number of hydrogen-bond donors (Lipinski definition) is 1. The summed E-state index contributed by atoms with van der Waals surface area (Å²) in [4.78, 5) is 4.82. The maximum absolute atomic E-state index is 6.38. The van der Waals surface area contributed by atoms with Crippen LogP contribution in [0, 0.1) is 0 Å². The van der Waals surface area contributed by atoms with Gasteiger partial charge in [0, 0.05) is 38.3 Å². The highest BCUT2D eigenvalue weighted by molar-refractivity contribution is 4.87. The van der Waals surface area contributed by atoms with Gasteiger partial charge in [0.2, 0.25) is 0 Å². The third-order valence-corrected chi connectivity index (χ3v) is 4.48. The summed E-state index contributed by atoms with van der Waals surface area (Å²) in [6.45, 7) is 4.38. The molecule has 0 spiro atoms. The minimum atomic E-state index is 0.305. The van der Waals surface area contributed by atoms with Crippen LogP contribution in [0.25, 0.3) is 0 Å². The molecular weight excluding hydrogens is 226 g/mol. The molecule has 0 bridgehead atoms. The molecule has 3 atom stereocenters. The van der Waals surface area contributed by atoms with E-state index in [-0.39, 0.29) is 0 Å². The van der Waals surface area contributed by atoms with E-state index in [4.69, 9.17) is 10.5 Å². The fraction of sp³-hybridized carbons (Fsp3) is 1.00. The minimum Gasteiger partial charge on any atom is -0.378 e. The molecule has 3 unspecified atom stereocenters. The van der Waals surface area contributed by atoms with Crippen LogP contribution in [0.3, 0.4) is 0 Å². The molecule has 0 aromatic rings. The van der Waals surface area contributed by atoms with Crippen molar-refractivity contribution in [1.82, 2.24) is 9.80 Å². The van der Waals surface area contributed by atoms with Crippen molar-refractivity contribution in [2.75, 3.05) is 40.3 Å². The van der Waals surface area contributed by atoms with Gasteiger partial charge in [0.15, 0.2) is 0 Å². The number of ether oxygens (including phenoxy) is 1. The van der Waals surface area contributed by atoms with Crippen molar-refractivity contribution in [3.05, 3.63) is 0 Å². The first-order chi connectivity index (χ1) is 8.66. The fourth-order valence-corrected chi connectivity index (χ4v) is 3.15. The molecule has 4 heteroatoms. The van der Waals surface area contributed by atoms with E-state index in [1.807, 2.05) is 0 Å². The van der Waals surface area contributed by atoms with Crippen LogP contribution in [0.15, 0.2) is 0 Å². The average molecular weight is 255 g/mol. The van der Waals surface area contributed by atoms with Crippen molar-refractivity contribution in [3.8, 4) is 0 Å². The van der Waals surface area contributed by atoms with Crippen molar-refractivity contribution in [3.63, 3.8) is 0 Å². The molecule has 106 valence electrons. The highest BCUT2D eigenvalue weighted by Crippen LogP contribution is 2.19. The van der Waals surface area contributed by atoms with Crippen molar-refractivity contribution in [2.45, 2.75) is 50.3 Å². The highest BCUT2D eigenvalue weighted by Gasteiger charge is 2.27. The van der Waals surface area contributed by atoms with Gasteiger partial charge >= 0.3 is 0 Å². The Labute approximate surface area is 111 Å². The van der Waals surface area contributed by atoms with Crippen LogP contribution < -0.4 is 5.73 Å². The Morgan fingerprint density at radius 3 is 2.89 bits per heavy atom. The number of nitrogens with zero attached hydrogens (tertiary/aromatic N) is 2. The summed E-state index contributed by atoms with van der Waals surface area (Å²) in [5, 5.41) is 0. The third kappa shape index (κ3) is 3.92. The van der Waals surface area contributed by atoms with Crippen LogP contribution in [-0.4, -0.2) is 68.3 Å². The number of nitrogens with two attached hydrogens (primary N) is 1. The minimum absolute atomic E-state index is 0.305. The van der Waals surface area contributed by atoms with Gasteiger partial charge in [0.1, 0.15) is 0 Å². The number of rotatable bonds is 5. The average Bonchev–Trinajstić information content (AvgIpc) is 2.85. The quantitative estimate of drug-likeness (QED) is 0.793. The van der Waals surface area contributed by atoms with Crippen LogP contribution in [0.2, 0.25) is 0 Å². The third-order valence-electron chi connectivity index (χ3n) is 4.48. The molecule has 0 aromatic heterocycles. The second kappa shape index (κ2) is 6.85. The molecule has 0 aliphatic carbocycles. The Morgan fingerprint density at radius 1 is 1.33 bits per heavy atom. The zero-order valence-electron chi connectivity index (χ0n) is 12.0. The summed E-state index contributed by atoms with van der Waals surface area (Å²) in [5.41, 5.74) is 6.38. The lowest BCUT2D eigenvalue weighted by Crippen LogP contribution is -2.57. The Hall–Kier alpha value is -0.160. The van der Waals surface area contributed by atoms with Crippen LogP contribution in [0.4, 0.5) is 0 Å².